The summed E-state index contributed by atoms with van der Waals surface area (Å²) in [6, 6.07) is -0.875. The molecule has 2 amide bonds. The molecule has 0 aromatic rings. The molecule has 0 bridgehead atoms. The van der Waals surface area contributed by atoms with Crippen molar-refractivity contribution in [2.45, 2.75) is 0 Å². The Balaban J connectivity index is -0.000000128. The van der Waals surface area contributed by atoms with Crippen LogP contribution in [0.5, 0.6) is 0 Å². The maximum absolute atomic E-state index is 9.68. The highest BCUT2D eigenvalue weighted by Gasteiger charge is 2.26. The standard InChI is InChI=1S/C5H12O4.C2H6N4O.2H3O4P/c6-1-5(2-7,3-8)4-9;3-1(4)6-2(5)7;2*1-5(2,3)4/h6-9H,1-4H2;(H6,3,4,5,6,7);2*(H3,1,2,3,4). The first-order valence-corrected chi connectivity index (χ1v) is 8.89. The van der Waals surface area contributed by atoms with Crippen LogP contribution in [0, 0.1) is 5.41 Å². The van der Waals surface area contributed by atoms with E-state index in [2.05, 4.69) is 10.7 Å². The summed E-state index contributed by atoms with van der Waals surface area (Å²) in [5, 5.41) is 34.0. The van der Waals surface area contributed by atoms with Crippen molar-refractivity contribution in [1.29, 1.82) is 0 Å². The maximum Gasteiger partial charge on any atom is 0.466 e. The fourth-order valence-electron chi connectivity index (χ4n) is 0.427. The number of nitrogens with two attached hydrogens (primary N) is 3. The number of rotatable bonds is 4. The number of guanidine groups is 1. The second kappa shape index (κ2) is 16.0. The maximum atomic E-state index is 9.68. The van der Waals surface area contributed by atoms with Crippen LogP contribution in [0.3, 0.4) is 0 Å². The number of urea groups is 1. The fraction of sp³-hybridized carbons (Fsp3) is 0.714. The number of aliphatic hydroxyl groups excluding tert-OH is 4. The summed E-state index contributed by atoms with van der Waals surface area (Å²) in [5.41, 5.74) is 12.8. The molecule has 17 nitrogen and oxygen atoms in total. The number of nitrogens with zero attached hydrogens (tertiary/aromatic N) is 1. The molecule has 0 radical (unpaired) electrons. The van der Waals surface area contributed by atoms with Gasteiger partial charge in [0.1, 0.15) is 0 Å². The minimum Gasteiger partial charge on any atom is -0.396 e. The second-order valence-electron chi connectivity index (χ2n) is 4.03. The summed E-state index contributed by atoms with van der Waals surface area (Å²) in [7, 11) is -9.28. The van der Waals surface area contributed by atoms with Crippen molar-refractivity contribution >= 4 is 27.6 Å². The van der Waals surface area contributed by atoms with Crippen LogP contribution >= 0.6 is 15.6 Å². The van der Waals surface area contributed by atoms with Crippen molar-refractivity contribution in [1.82, 2.24) is 0 Å². The van der Waals surface area contributed by atoms with Crippen molar-refractivity contribution in [2.75, 3.05) is 26.4 Å². The van der Waals surface area contributed by atoms with Gasteiger partial charge in [0.2, 0.25) is 0 Å². The van der Waals surface area contributed by atoms with Gasteiger partial charge in [-0.15, -0.1) is 0 Å². The van der Waals surface area contributed by atoms with Crippen molar-refractivity contribution in [2.24, 2.45) is 27.6 Å². The Hall–Kier alpha value is -1.20. The SMILES string of the molecule is NC(=O)N=C(N)N.O=P(O)(O)O.O=P(O)(O)O.OCC(CO)(CO)CO. The van der Waals surface area contributed by atoms with Crippen LogP contribution in [0.15, 0.2) is 4.99 Å². The lowest BCUT2D eigenvalue weighted by molar-refractivity contribution is -0.0328. The van der Waals surface area contributed by atoms with Crippen molar-refractivity contribution < 1.29 is 63.7 Å². The zero-order chi connectivity index (χ0) is 22.2. The summed E-state index contributed by atoms with van der Waals surface area (Å²) in [6.45, 7) is -1.62. The summed E-state index contributed by atoms with van der Waals surface area (Å²) in [6.07, 6.45) is 0. The number of primary amides is 1. The molecule has 0 saturated carbocycles. The molecule has 0 aliphatic rings. The number of carbonyl (C=O) groups is 1. The number of phosphoric acid groups is 2. The van der Waals surface area contributed by atoms with E-state index in [1.54, 1.807) is 0 Å². The molecule has 0 aromatic carbocycles. The molecule has 16 N–H and O–H groups in total. The van der Waals surface area contributed by atoms with Crippen LogP contribution in [0.25, 0.3) is 0 Å². The highest BCUT2D eigenvalue weighted by atomic mass is 31.2. The molecule has 0 rings (SSSR count). The fourth-order valence-corrected chi connectivity index (χ4v) is 0.427. The van der Waals surface area contributed by atoms with Gasteiger partial charge >= 0.3 is 21.7 Å². The molecule has 160 valence electrons. The predicted octanol–water partition coefficient (Wildman–Crippen LogP) is -5.58. The molecule has 26 heavy (non-hydrogen) atoms. The average molecular weight is 434 g/mol. The van der Waals surface area contributed by atoms with Gasteiger partial charge in [0.15, 0.2) is 5.96 Å². The zero-order valence-electron chi connectivity index (χ0n) is 13.1. The van der Waals surface area contributed by atoms with Gasteiger partial charge in [-0.3, -0.25) is 0 Å². The van der Waals surface area contributed by atoms with Crippen LogP contribution in [0.4, 0.5) is 4.79 Å². The third-order valence-electron chi connectivity index (χ3n) is 1.58. The lowest BCUT2D eigenvalue weighted by Crippen LogP contribution is -2.37. The van der Waals surface area contributed by atoms with Gasteiger partial charge in [0, 0.05) is 0 Å². The van der Waals surface area contributed by atoms with E-state index >= 15 is 0 Å². The number of aliphatic imine (C=N–C) groups is 1. The third-order valence-corrected chi connectivity index (χ3v) is 1.58. The van der Waals surface area contributed by atoms with Gasteiger partial charge in [-0.25, -0.2) is 13.9 Å². The van der Waals surface area contributed by atoms with E-state index in [0.29, 0.717) is 0 Å². The van der Waals surface area contributed by atoms with E-state index in [0.717, 1.165) is 0 Å². The van der Waals surface area contributed by atoms with Gasteiger partial charge in [0.25, 0.3) is 0 Å². The van der Waals surface area contributed by atoms with Crippen LogP contribution in [-0.2, 0) is 9.13 Å². The normalized spacial score (nSPS) is 10.7. The molecule has 0 aliphatic heterocycles. The monoisotopic (exact) mass is 434 g/mol. The number of carbonyl (C=O) groups excluding carboxylic acids is 1. The highest BCUT2D eigenvalue weighted by molar-refractivity contribution is 7.45. The van der Waals surface area contributed by atoms with Crippen LogP contribution < -0.4 is 17.2 Å². The van der Waals surface area contributed by atoms with Crippen molar-refractivity contribution in [3.63, 3.8) is 0 Å². The summed E-state index contributed by atoms with van der Waals surface area (Å²) in [5.74, 6) is -0.312. The molecule has 0 saturated heterocycles. The molecule has 19 heteroatoms. The Morgan fingerprint density at radius 1 is 0.731 bits per heavy atom. The Morgan fingerprint density at radius 3 is 0.923 bits per heavy atom. The number of amides is 2. The molecule has 0 unspecified atom stereocenters. The van der Waals surface area contributed by atoms with Crippen molar-refractivity contribution in [3.05, 3.63) is 0 Å². The van der Waals surface area contributed by atoms with Gasteiger partial charge in [-0.05, 0) is 0 Å². The molecule has 0 fully saturated rings. The first-order chi connectivity index (χ1) is 11.4. The number of hydrogen-bond donors (Lipinski definition) is 13. The van der Waals surface area contributed by atoms with Crippen LogP contribution in [0.1, 0.15) is 0 Å². The Morgan fingerprint density at radius 2 is 0.923 bits per heavy atom. The molecular weight excluding hydrogens is 410 g/mol. The highest BCUT2D eigenvalue weighted by Crippen LogP contribution is 2.26. The predicted molar refractivity (Wildman–Crippen MR) is 84.7 cm³/mol. The Labute approximate surface area is 146 Å². The molecule has 0 spiro atoms. The van der Waals surface area contributed by atoms with E-state index < -0.39 is 53.5 Å². The topological polar surface area (TPSA) is 344 Å². The van der Waals surface area contributed by atoms with Crippen molar-refractivity contribution in [3.8, 4) is 0 Å². The quantitative estimate of drug-likeness (QED) is 0.111. The molecule has 0 atom stereocenters. The second-order valence-corrected chi connectivity index (χ2v) is 6.09. The van der Waals surface area contributed by atoms with Crippen LogP contribution in [-0.4, -0.2) is 88.2 Å². The first kappa shape index (κ1) is 32.5. The summed E-state index contributed by atoms with van der Waals surface area (Å²) < 4.78 is 17.8. The number of aliphatic hydroxyl groups is 4. The third kappa shape index (κ3) is 49.5. The summed E-state index contributed by atoms with van der Waals surface area (Å²) in [4.78, 5) is 55.7. The smallest absolute Gasteiger partial charge is 0.396 e. The lowest BCUT2D eigenvalue weighted by Gasteiger charge is -2.23. The number of hydrogen-bond acceptors (Lipinski definition) is 7. The molecule has 0 aliphatic carbocycles. The van der Waals surface area contributed by atoms with E-state index in [4.69, 9.17) is 70.4 Å². The molecular formula is C7H24N4O13P2. The molecule has 0 aromatic heterocycles. The first-order valence-electron chi connectivity index (χ1n) is 5.76. The Kier molecular flexibility index (Phi) is 20.0. The van der Waals surface area contributed by atoms with Gasteiger partial charge in [-0.2, -0.15) is 4.99 Å². The van der Waals surface area contributed by atoms with E-state index in [-0.39, 0.29) is 5.96 Å². The minimum absolute atomic E-state index is 0.312. The molecule has 0 heterocycles. The zero-order valence-corrected chi connectivity index (χ0v) is 14.9. The minimum atomic E-state index is -4.64. The lowest BCUT2D eigenvalue weighted by atomic mass is 9.93. The average Bonchev–Trinajstić information content (AvgIpc) is 2.37. The van der Waals surface area contributed by atoms with Gasteiger partial charge < -0.3 is 67.0 Å². The van der Waals surface area contributed by atoms with E-state index in [1.165, 1.54) is 0 Å². The Bertz CT molecular complexity index is 427. The summed E-state index contributed by atoms with van der Waals surface area (Å²) >= 11 is 0. The van der Waals surface area contributed by atoms with Gasteiger partial charge in [-0.1, -0.05) is 0 Å². The largest absolute Gasteiger partial charge is 0.466 e. The van der Waals surface area contributed by atoms with E-state index in [9.17, 15) is 4.79 Å². The van der Waals surface area contributed by atoms with Gasteiger partial charge in [0.05, 0.1) is 31.8 Å². The van der Waals surface area contributed by atoms with E-state index in [1.807, 2.05) is 0 Å². The van der Waals surface area contributed by atoms with Crippen LogP contribution in [0.2, 0.25) is 0 Å².